The molecule has 0 aliphatic carbocycles. The Hall–Kier alpha value is -1.13. The second-order valence-corrected chi connectivity index (χ2v) is 4.25. The van der Waals surface area contributed by atoms with Crippen molar-refractivity contribution in [1.29, 1.82) is 0 Å². The average Bonchev–Trinajstić information content (AvgIpc) is 2.36. The van der Waals surface area contributed by atoms with E-state index < -0.39 is 0 Å². The highest BCUT2D eigenvalue weighted by Crippen LogP contribution is 2.08. The van der Waals surface area contributed by atoms with Crippen molar-refractivity contribution in [3.63, 3.8) is 0 Å². The predicted octanol–water partition coefficient (Wildman–Crippen LogP) is 2.51. The molecule has 0 heterocycles. The molecule has 0 aliphatic heterocycles. The lowest BCUT2D eigenvalue weighted by Crippen LogP contribution is -2.25. The molecule has 0 saturated heterocycles. The van der Waals surface area contributed by atoms with Gasteiger partial charge in [0.1, 0.15) is 5.82 Å². The Balaban J connectivity index is 2.30. The number of ether oxygens (including phenoxy) is 1. The van der Waals surface area contributed by atoms with E-state index in [4.69, 9.17) is 16.3 Å². The summed E-state index contributed by atoms with van der Waals surface area (Å²) in [4.78, 5) is 11.7. The van der Waals surface area contributed by atoms with Crippen molar-refractivity contribution in [3.05, 3.63) is 35.1 Å². The van der Waals surface area contributed by atoms with Crippen LogP contribution in [0, 0.1) is 12.7 Å². The van der Waals surface area contributed by atoms with E-state index in [0.29, 0.717) is 43.2 Å². The lowest BCUT2D eigenvalue weighted by molar-refractivity contribution is 0.0944. The van der Waals surface area contributed by atoms with Gasteiger partial charge in [0.25, 0.3) is 5.91 Å². The van der Waals surface area contributed by atoms with Crippen molar-refractivity contribution in [2.45, 2.75) is 13.3 Å². The Kier molecular flexibility index (Phi) is 6.68. The monoisotopic (exact) mass is 273 g/mol. The van der Waals surface area contributed by atoms with Crippen LogP contribution in [-0.2, 0) is 4.74 Å². The first-order valence-corrected chi connectivity index (χ1v) is 6.36. The summed E-state index contributed by atoms with van der Waals surface area (Å²) in [6, 6.07) is 4.44. The predicted molar refractivity (Wildman–Crippen MR) is 69.6 cm³/mol. The summed E-state index contributed by atoms with van der Waals surface area (Å²) in [5, 5.41) is 2.70. The normalized spacial score (nSPS) is 10.4. The smallest absolute Gasteiger partial charge is 0.251 e. The van der Waals surface area contributed by atoms with Gasteiger partial charge in [0.2, 0.25) is 0 Å². The second kappa shape index (κ2) is 8.06. The lowest BCUT2D eigenvalue weighted by atomic mass is 10.1. The van der Waals surface area contributed by atoms with E-state index in [2.05, 4.69) is 5.32 Å². The molecular formula is C13H17ClFNO2. The van der Waals surface area contributed by atoms with E-state index in [9.17, 15) is 9.18 Å². The first-order chi connectivity index (χ1) is 8.65. The third kappa shape index (κ3) is 5.02. The zero-order valence-electron chi connectivity index (χ0n) is 10.3. The molecular weight excluding hydrogens is 257 g/mol. The van der Waals surface area contributed by atoms with E-state index in [1.54, 1.807) is 19.1 Å². The third-order valence-corrected chi connectivity index (χ3v) is 2.56. The Morgan fingerprint density at radius 1 is 1.44 bits per heavy atom. The van der Waals surface area contributed by atoms with E-state index >= 15 is 0 Å². The van der Waals surface area contributed by atoms with Gasteiger partial charge >= 0.3 is 0 Å². The topological polar surface area (TPSA) is 38.3 Å². The van der Waals surface area contributed by atoms with Gasteiger partial charge in [-0.1, -0.05) is 6.07 Å². The minimum atomic E-state index is -0.368. The summed E-state index contributed by atoms with van der Waals surface area (Å²) in [5.41, 5.74) is 0.862. The maximum Gasteiger partial charge on any atom is 0.251 e. The molecule has 1 N–H and O–H groups in total. The number of benzene rings is 1. The molecule has 18 heavy (non-hydrogen) atoms. The largest absolute Gasteiger partial charge is 0.380 e. The SMILES string of the molecule is Cc1ccc(C(=O)NCCCOCCCl)cc1F. The van der Waals surface area contributed by atoms with Crippen molar-refractivity contribution in [1.82, 2.24) is 5.32 Å². The highest BCUT2D eigenvalue weighted by molar-refractivity contribution is 6.17. The lowest BCUT2D eigenvalue weighted by Gasteiger charge is -2.06. The number of hydrogen-bond donors (Lipinski definition) is 1. The molecule has 1 rings (SSSR count). The molecule has 1 aromatic rings. The van der Waals surface area contributed by atoms with E-state index in [1.165, 1.54) is 6.07 Å². The highest BCUT2D eigenvalue weighted by Gasteiger charge is 2.07. The summed E-state index contributed by atoms with van der Waals surface area (Å²) < 4.78 is 18.4. The van der Waals surface area contributed by atoms with Crippen LogP contribution in [0.5, 0.6) is 0 Å². The summed E-state index contributed by atoms with van der Waals surface area (Å²) in [6.45, 7) is 3.22. The molecule has 1 amide bonds. The van der Waals surface area contributed by atoms with Crippen molar-refractivity contribution in [2.75, 3.05) is 25.6 Å². The van der Waals surface area contributed by atoms with Crippen molar-refractivity contribution in [2.24, 2.45) is 0 Å². The number of rotatable bonds is 7. The summed E-state index contributed by atoms with van der Waals surface area (Å²) in [5.74, 6) is -0.172. The number of amides is 1. The van der Waals surface area contributed by atoms with Crippen LogP contribution < -0.4 is 5.32 Å². The summed E-state index contributed by atoms with van der Waals surface area (Å²) >= 11 is 5.44. The second-order valence-electron chi connectivity index (χ2n) is 3.87. The van der Waals surface area contributed by atoms with Crippen molar-refractivity contribution in [3.8, 4) is 0 Å². The molecule has 0 fully saturated rings. The molecule has 0 atom stereocenters. The Morgan fingerprint density at radius 3 is 2.89 bits per heavy atom. The highest BCUT2D eigenvalue weighted by atomic mass is 35.5. The fourth-order valence-corrected chi connectivity index (χ4v) is 1.48. The van der Waals surface area contributed by atoms with Crippen LogP contribution in [0.3, 0.4) is 0 Å². The van der Waals surface area contributed by atoms with E-state index in [-0.39, 0.29) is 11.7 Å². The third-order valence-electron chi connectivity index (χ3n) is 2.41. The number of carbonyl (C=O) groups excluding carboxylic acids is 1. The molecule has 100 valence electrons. The molecule has 0 bridgehead atoms. The van der Waals surface area contributed by atoms with Crippen LogP contribution in [0.2, 0.25) is 0 Å². The fourth-order valence-electron chi connectivity index (χ4n) is 1.37. The van der Waals surface area contributed by atoms with Crippen LogP contribution >= 0.6 is 11.6 Å². The number of nitrogens with one attached hydrogen (secondary N) is 1. The number of hydrogen-bond acceptors (Lipinski definition) is 2. The van der Waals surface area contributed by atoms with Crippen LogP contribution in [0.1, 0.15) is 22.3 Å². The molecule has 5 heteroatoms. The van der Waals surface area contributed by atoms with E-state index in [0.717, 1.165) is 0 Å². The molecule has 0 aliphatic rings. The van der Waals surface area contributed by atoms with Crippen LogP contribution in [-0.4, -0.2) is 31.5 Å². The fraction of sp³-hybridized carbons (Fsp3) is 0.462. The van der Waals surface area contributed by atoms with Crippen LogP contribution in [0.15, 0.2) is 18.2 Å². The summed E-state index contributed by atoms with van der Waals surface area (Å²) in [7, 11) is 0. The zero-order chi connectivity index (χ0) is 13.4. The average molecular weight is 274 g/mol. The Labute approximate surface area is 111 Å². The number of alkyl halides is 1. The van der Waals surface area contributed by atoms with Gasteiger partial charge in [-0.15, -0.1) is 11.6 Å². The molecule has 0 spiro atoms. The van der Waals surface area contributed by atoms with Gasteiger partial charge in [0.05, 0.1) is 6.61 Å². The van der Waals surface area contributed by atoms with E-state index in [1.807, 2.05) is 0 Å². The molecule has 0 aromatic heterocycles. The van der Waals surface area contributed by atoms with Gasteiger partial charge in [-0.05, 0) is 31.0 Å². The Morgan fingerprint density at radius 2 is 2.22 bits per heavy atom. The van der Waals surface area contributed by atoms with Gasteiger partial charge in [0.15, 0.2) is 0 Å². The van der Waals surface area contributed by atoms with Gasteiger partial charge in [-0.25, -0.2) is 4.39 Å². The Bertz CT molecular complexity index is 399. The maximum absolute atomic E-state index is 13.3. The molecule has 0 unspecified atom stereocenters. The minimum Gasteiger partial charge on any atom is -0.380 e. The van der Waals surface area contributed by atoms with Crippen LogP contribution in [0.4, 0.5) is 4.39 Å². The van der Waals surface area contributed by atoms with Crippen molar-refractivity contribution >= 4 is 17.5 Å². The van der Waals surface area contributed by atoms with Gasteiger partial charge in [-0.3, -0.25) is 4.79 Å². The summed E-state index contributed by atoms with van der Waals surface area (Å²) in [6.07, 6.45) is 0.705. The first kappa shape index (κ1) is 14.9. The first-order valence-electron chi connectivity index (χ1n) is 5.83. The van der Waals surface area contributed by atoms with Gasteiger partial charge in [-0.2, -0.15) is 0 Å². The van der Waals surface area contributed by atoms with Crippen molar-refractivity contribution < 1.29 is 13.9 Å². The molecule has 3 nitrogen and oxygen atoms in total. The quantitative estimate of drug-likeness (QED) is 0.612. The molecule has 0 saturated carbocycles. The standard InChI is InChI=1S/C13H17ClFNO2/c1-10-3-4-11(9-12(10)15)13(17)16-6-2-7-18-8-5-14/h3-4,9H,2,5-8H2,1H3,(H,16,17). The number of halogens is 2. The van der Waals surface area contributed by atoms with Gasteiger partial charge < -0.3 is 10.1 Å². The van der Waals surface area contributed by atoms with Gasteiger partial charge in [0, 0.05) is 24.6 Å². The minimum absolute atomic E-state index is 0.272. The number of aryl methyl sites for hydroxylation is 1. The maximum atomic E-state index is 13.3. The number of carbonyl (C=O) groups is 1. The molecule has 1 aromatic carbocycles. The molecule has 0 radical (unpaired) electrons. The zero-order valence-corrected chi connectivity index (χ0v) is 11.1. The van der Waals surface area contributed by atoms with Crippen LogP contribution in [0.25, 0.3) is 0 Å².